The molecule has 1 atom stereocenters. The topological polar surface area (TPSA) is 23.5 Å². The maximum Gasteiger partial charge on any atom is 0.405 e. The normalized spacial score (nSPS) is 13.6. The first kappa shape index (κ1) is 14.3. The van der Waals surface area contributed by atoms with Crippen LogP contribution in [0.2, 0.25) is 0 Å². The van der Waals surface area contributed by atoms with E-state index < -0.39 is 18.8 Å². The number of alkyl halides is 3. The van der Waals surface area contributed by atoms with E-state index in [1.807, 2.05) is 0 Å². The summed E-state index contributed by atoms with van der Waals surface area (Å²) in [6.07, 6.45) is -4.89. The molecule has 1 rings (SSSR count). The molecule has 0 aliphatic carbocycles. The standard InChI is InChI=1S/C11H13BrF3NO/c1-7(17)9-4-3-8(5-10(9)12)16(2)6-11(13,14)15/h3-5,7,17H,6H2,1-2H3. The molecule has 6 heteroatoms. The van der Waals surface area contributed by atoms with E-state index in [0.717, 1.165) is 4.90 Å². The zero-order valence-electron chi connectivity index (χ0n) is 9.42. The summed E-state index contributed by atoms with van der Waals surface area (Å²) < 4.78 is 37.2. The molecule has 1 aromatic rings. The molecule has 0 heterocycles. The monoisotopic (exact) mass is 311 g/mol. The smallest absolute Gasteiger partial charge is 0.389 e. The summed E-state index contributed by atoms with van der Waals surface area (Å²) in [4.78, 5) is 1.11. The van der Waals surface area contributed by atoms with Gasteiger partial charge in [-0.05, 0) is 24.6 Å². The van der Waals surface area contributed by atoms with Crippen molar-refractivity contribution >= 4 is 21.6 Å². The van der Waals surface area contributed by atoms with Crippen molar-refractivity contribution in [2.24, 2.45) is 0 Å². The molecule has 0 aliphatic heterocycles. The van der Waals surface area contributed by atoms with E-state index in [0.29, 0.717) is 15.7 Å². The summed E-state index contributed by atoms with van der Waals surface area (Å²) in [7, 11) is 1.37. The molecule has 1 aromatic carbocycles. The summed E-state index contributed by atoms with van der Waals surface area (Å²) in [6.45, 7) is 0.590. The fourth-order valence-electron chi connectivity index (χ4n) is 1.45. The molecule has 0 fully saturated rings. The molecule has 17 heavy (non-hydrogen) atoms. The first-order chi connectivity index (χ1) is 7.70. The second-order valence-electron chi connectivity index (χ2n) is 3.85. The van der Waals surface area contributed by atoms with Crippen LogP contribution in [-0.2, 0) is 0 Å². The van der Waals surface area contributed by atoms with Crippen LogP contribution in [0.5, 0.6) is 0 Å². The van der Waals surface area contributed by atoms with Gasteiger partial charge in [-0.1, -0.05) is 22.0 Å². The van der Waals surface area contributed by atoms with Gasteiger partial charge in [0.2, 0.25) is 0 Å². The third-order valence-corrected chi connectivity index (χ3v) is 2.98. The fourth-order valence-corrected chi connectivity index (χ4v) is 2.15. The van der Waals surface area contributed by atoms with Gasteiger partial charge < -0.3 is 10.0 Å². The lowest BCUT2D eigenvalue weighted by Gasteiger charge is -2.22. The molecular weight excluding hydrogens is 299 g/mol. The molecule has 0 bridgehead atoms. The van der Waals surface area contributed by atoms with E-state index in [4.69, 9.17) is 0 Å². The number of hydrogen-bond donors (Lipinski definition) is 1. The Bertz CT molecular complexity index is 393. The Hall–Kier alpha value is -0.750. The second-order valence-corrected chi connectivity index (χ2v) is 4.71. The summed E-state index contributed by atoms with van der Waals surface area (Å²) in [5, 5.41) is 9.40. The first-order valence-corrected chi connectivity index (χ1v) is 5.75. The Labute approximate surface area is 106 Å². The quantitative estimate of drug-likeness (QED) is 0.923. The Kier molecular flexibility index (Phi) is 4.43. The highest BCUT2D eigenvalue weighted by Gasteiger charge is 2.29. The molecule has 96 valence electrons. The third-order valence-electron chi connectivity index (χ3n) is 2.29. The lowest BCUT2D eigenvalue weighted by molar-refractivity contribution is -0.119. The van der Waals surface area contributed by atoms with Gasteiger partial charge in [-0.25, -0.2) is 0 Å². The van der Waals surface area contributed by atoms with Gasteiger partial charge in [0.15, 0.2) is 0 Å². The average Bonchev–Trinajstić information content (AvgIpc) is 2.14. The van der Waals surface area contributed by atoms with Crippen molar-refractivity contribution in [3.05, 3.63) is 28.2 Å². The molecule has 1 N–H and O–H groups in total. The van der Waals surface area contributed by atoms with E-state index in [-0.39, 0.29) is 0 Å². The van der Waals surface area contributed by atoms with Gasteiger partial charge in [-0.15, -0.1) is 0 Å². The van der Waals surface area contributed by atoms with E-state index >= 15 is 0 Å². The van der Waals surface area contributed by atoms with E-state index in [9.17, 15) is 18.3 Å². The zero-order chi connectivity index (χ0) is 13.2. The van der Waals surface area contributed by atoms with Crippen LogP contribution in [0.4, 0.5) is 18.9 Å². The lowest BCUT2D eigenvalue weighted by Crippen LogP contribution is -2.30. The summed E-state index contributed by atoms with van der Waals surface area (Å²) in [6, 6.07) is 4.73. The maximum atomic E-state index is 12.2. The van der Waals surface area contributed by atoms with Crippen molar-refractivity contribution in [2.75, 3.05) is 18.5 Å². The van der Waals surface area contributed by atoms with Crippen LogP contribution < -0.4 is 4.90 Å². The van der Waals surface area contributed by atoms with Crippen molar-refractivity contribution in [1.29, 1.82) is 0 Å². The highest BCUT2D eigenvalue weighted by Crippen LogP contribution is 2.29. The molecule has 0 saturated heterocycles. The van der Waals surface area contributed by atoms with Crippen LogP contribution in [0.15, 0.2) is 22.7 Å². The largest absolute Gasteiger partial charge is 0.405 e. The van der Waals surface area contributed by atoms with E-state index in [1.54, 1.807) is 25.1 Å². The highest BCUT2D eigenvalue weighted by atomic mass is 79.9. The molecule has 0 saturated carbocycles. The minimum atomic E-state index is -4.23. The Morgan fingerprint density at radius 2 is 2.00 bits per heavy atom. The SMILES string of the molecule is CC(O)c1ccc(N(C)CC(F)(F)F)cc1Br. The molecule has 0 spiro atoms. The summed E-state index contributed by atoms with van der Waals surface area (Å²) in [5.74, 6) is 0. The number of benzene rings is 1. The zero-order valence-corrected chi connectivity index (χ0v) is 11.0. The van der Waals surface area contributed by atoms with Gasteiger partial charge in [-0.2, -0.15) is 13.2 Å². The van der Waals surface area contributed by atoms with Crippen LogP contribution in [0.1, 0.15) is 18.6 Å². The summed E-state index contributed by atoms with van der Waals surface area (Å²) in [5.41, 5.74) is 1.09. The minimum Gasteiger partial charge on any atom is -0.389 e. The van der Waals surface area contributed by atoms with Gasteiger partial charge in [0, 0.05) is 17.2 Å². The van der Waals surface area contributed by atoms with Crippen molar-refractivity contribution in [3.8, 4) is 0 Å². The van der Waals surface area contributed by atoms with Crippen LogP contribution >= 0.6 is 15.9 Å². The number of anilines is 1. The molecule has 0 amide bonds. The van der Waals surface area contributed by atoms with Crippen molar-refractivity contribution in [2.45, 2.75) is 19.2 Å². The number of nitrogens with zero attached hydrogens (tertiary/aromatic N) is 1. The van der Waals surface area contributed by atoms with Gasteiger partial charge in [0.25, 0.3) is 0 Å². The summed E-state index contributed by atoms with van der Waals surface area (Å²) >= 11 is 3.23. The van der Waals surface area contributed by atoms with Crippen LogP contribution in [0.25, 0.3) is 0 Å². The molecule has 0 aliphatic rings. The Balaban J connectivity index is 2.90. The third kappa shape index (κ3) is 4.20. The predicted molar refractivity (Wildman–Crippen MR) is 64.1 cm³/mol. The lowest BCUT2D eigenvalue weighted by atomic mass is 10.1. The van der Waals surface area contributed by atoms with Crippen LogP contribution in [-0.4, -0.2) is 24.9 Å². The van der Waals surface area contributed by atoms with Crippen molar-refractivity contribution in [3.63, 3.8) is 0 Å². The Morgan fingerprint density at radius 1 is 1.41 bits per heavy atom. The molecule has 2 nitrogen and oxygen atoms in total. The van der Waals surface area contributed by atoms with Crippen LogP contribution in [0, 0.1) is 0 Å². The number of halogens is 4. The first-order valence-electron chi connectivity index (χ1n) is 4.96. The fraction of sp³-hybridized carbons (Fsp3) is 0.455. The number of rotatable bonds is 3. The van der Waals surface area contributed by atoms with Gasteiger partial charge in [-0.3, -0.25) is 0 Å². The maximum absolute atomic E-state index is 12.2. The highest BCUT2D eigenvalue weighted by molar-refractivity contribution is 9.10. The molecule has 0 radical (unpaired) electrons. The van der Waals surface area contributed by atoms with Crippen molar-refractivity contribution < 1.29 is 18.3 Å². The van der Waals surface area contributed by atoms with E-state index in [2.05, 4.69) is 15.9 Å². The molecule has 0 aromatic heterocycles. The number of aliphatic hydroxyl groups is 1. The number of aliphatic hydroxyl groups excluding tert-OH is 1. The second kappa shape index (κ2) is 5.27. The van der Waals surface area contributed by atoms with E-state index in [1.165, 1.54) is 7.05 Å². The van der Waals surface area contributed by atoms with Crippen LogP contribution in [0.3, 0.4) is 0 Å². The Morgan fingerprint density at radius 3 is 2.41 bits per heavy atom. The van der Waals surface area contributed by atoms with Gasteiger partial charge in [0.05, 0.1) is 6.10 Å². The van der Waals surface area contributed by atoms with Crippen molar-refractivity contribution in [1.82, 2.24) is 0 Å². The molecule has 1 unspecified atom stereocenters. The van der Waals surface area contributed by atoms with Gasteiger partial charge >= 0.3 is 6.18 Å². The number of hydrogen-bond acceptors (Lipinski definition) is 2. The average molecular weight is 312 g/mol. The molecular formula is C11H13BrF3NO. The predicted octanol–water partition coefficient (Wildman–Crippen LogP) is 3.50. The van der Waals surface area contributed by atoms with Gasteiger partial charge in [0.1, 0.15) is 6.54 Å². The minimum absolute atomic E-state index is 0.443.